The summed E-state index contributed by atoms with van der Waals surface area (Å²) in [6.45, 7) is 14.5. The number of rotatable bonds is 33. The lowest BCUT2D eigenvalue weighted by molar-refractivity contribution is -0.143. The van der Waals surface area contributed by atoms with Crippen LogP contribution in [0, 0.1) is 17.5 Å². The van der Waals surface area contributed by atoms with E-state index in [1.807, 2.05) is 4.90 Å². The van der Waals surface area contributed by atoms with Crippen molar-refractivity contribution in [3.05, 3.63) is 176 Å². The molecule has 3 aromatic carbocycles. The van der Waals surface area contributed by atoms with Gasteiger partial charge in [-0.05, 0) is 279 Å². The van der Waals surface area contributed by atoms with E-state index in [0.717, 1.165) is 269 Å². The van der Waals surface area contributed by atoms with Gasteiger partial charge in [-0.25, -0.2) is 28.1 Å². The molecule has 0 aliphatic carbocycles. The highest BCUT2D eigenvalue weighted by Crippen LogP contribution is 2.42. The molecule has 15 rings (SSSR count). The van der Waals surface area contributed by atoms with Crippen LogP contribution in [0.1, 0.15) is 259 Å². The molecular weight excluding hydrogens is 1420 g/mol. The van der Waals surface area contributed by atoms with Gasteiger partial charge >= 0.3 is 5.97 Å². The molecule has 0 saturated carbocycles. The number of ketones is 2. The second kappa shape index (κ2) is 41.9. The Morgan fingerprint density at radius 2 is 0.768 bits per heavy atom. The van der Waals surface area contributed by atoms with Crippen molar-refractivity contribution >= 4 is 35.0 Å². The predicted octanol–water partition coefficient (Wildman–Crippen LogP) is 16.6. The van der Waals surface area contributed by atoms with E-state index in [4.69, 9.17) is 43.4 Å². The molecule has 22 heteroatoms. The first-order valence-corrected chi connectivity index (χ1v) is 42.5. The van der Waals surface area contributed by atoms with Crippen LogP contribution in [0.2, 0.25) is 0 Å². The highest BCUT2D eigenvalue weighted by molar-refractivity contribution is 5.84. The van der Waals surface area contributed by atoms with Gasteiger partial charge in [-0.1, -0.05) is 55.7 Å². The molecule has 3 aromatic heterocycles. The maximum atomic E-state index is 14.3. The molecule has 6 aromatic rings. The Hall–Kier alpha value is -7.25. The van der Waals surface area contributed by atoms with E-state index >= 15 is 0 Å². The molecule has 4 N–H and O–H groups in total. The monoisotopic (exact) mass is 1540 g/mol. The Morgan fingerprint density at radius 3 is 1.09 bits per heavy atom. The lowest BCUT2D eigenvalue weighted by atomic mass is 9.92. The van der Waals surface area contributed by atoms with E-state index in [-0.39, 0.29) is 59.8 Å². The van der Waals surface area contributed by atoms with E-state index in [9.17, 15) is 32.7 Å². The van der Waals surface area contributed by atoms with Crippen LogP contribution in [0.4, 0.5) is 30.6 Å². The summed E-state index contributed by atoms with van der Waals surface area (Å²) in [4.78, 5) is 58.6. The highest BCUT2D eigenvalue weighted by Gasteiger charge is 2.40. The summed E-state index contributed by atoms with van der Waals surface area (Å²) in [5, 5.41) is 20.4. The third-order valence-corrected chi connectivity index (χ3v) is 23.9. The topological polar surface area (TPSA) is 211 Å². The Morgan fingerprint density at radius 1 is 0.429 bits per heavy atom. The Kier molecular flexibility index (Phi) is 30.9. The van der Waals surface area contributed by atoms with Crippen LogP contribution in [0.25, 0.3) is 0 Å². The first-order chi connectivity index (χ1) is 54.7. The van der Waals surface area contributed by atoms with E-state index in [1.54, 1.807) is 32.0 Å². The van der Waals surface area contributed by atoms with Crippen LogP contribution in [0.3, 0.4) is 0 Å². The van der Waals surface area contributed by atoms with Gasteiger partial charge in [-0.3, -0.25) is 29.1 Å². The maximum absolute atomic E-state index is 14.3. The third kappa shape index (κ3) is 22.9. The molecule has 6 saturated heterocycles. The first kappa shape index (κ1) is 82.7. The smallest absolute Gasteiger partial charge is 0.325 e. The number of halogens is 3. The molecule has 0 spiro atoms. The molecule has 0 radical (unpaired) electrons. The average Bonchev–Trinajstić information content (AvgIpc) is 0.823. The van der Waals surface area contributed by atoms with Crippen LogP contribution in [-0.2, 0) is 81.3 Å². The number of carbonyl (C=O) groups is 3. The van der Waals surface area contributed by atoms with Crippen molar-refractivity contribution in [3.8, 4) is 0 Å². The SMILES string of the molecule is CC(=O)[C@@H](c1cc(F)ccc1[C@@H]1CCCO1)N1CC[C@@H](OCCCCCc2ccc3c(n2)NCCC3)C1.CC(=O)[C@H](c1cc(F)ccc1[C@@H]1CCCO1)N1CC[C@@H](OCCCCCc2ccc3c(n2)NCCC3)C1.O=C(O)[C@@H](c1cc(F)ccc1C1CCCCO1)N1CC[C@@H](OCCCCCc2ccc3c(n2)NCCC3)C1. The van der Waals surface area contributed by atoms with Crippen molar-refractivity contribution in [3.63, 3.8) is 0 Å². The molecule has 112 heavy (non-hydrogen) atoms. The molecule has 9 aliphatic rings. The molecule has 12 heterocycles. The van der Waals surface area contributed by atoms with Crippen LogP contribution in [-0.4, -0.2) is 169 Å². The molecule has 9 atom stereocenters. The zero-order chi connectivity index (χ0) is 77.6. The number of aliphatic carboxylic acids is 1. The van der Waals surface area contributed by atoms with Crippen LogP contribution in [0.5, 0.6) is 0 Å². The number of ether oxygens (including phenoxy) is 6. The fourth-order valence-corrected chi connectivity index (χ4v) is 18.1. The number of aromatic nitrogens is 3. The zero-order valence-electron chi connectivity index (χ0n) is 66.2. The Bertz CT molecular complexity index is 3870. The number of carbonyl (C=O) groups excluding carboxylic acids is 2. The fourth-order valence-electron chi connectivity index (χ4n) is 18.1. The third-order valence-electron chi connectivity index (χ3n) is 23.9. The number of benzene rings is 3. The van der Waals surface area contributed by atoms with Crippen molar-refractivity contribution in [2.75, 3.05) is 114 Å². The molecular formula is C90H120F3N9O10. The number of aryl methyl sites for hydroxylation is 6. The van der Waals surface area contributed by atoms with Crippen molar-refractivity contribution in [1.29, 1.82) is 0 Å². The number of anilines is 3. The highest BCUT2D eigenvalue weighted by atomic mass is 19.1. The van der Waals surface area contributed by atoms with Gasteiger partial charge in [0.05, 0.1) is 48.7 Å². The minimum absolute atomic E-state index is 0.00632. The molecule has 9 aliphatic heterocycles. The summed E-state index contributed by atoms with van der Waals surface area (Å²) in [7, 11) is 0. The molecule has 1 unspecified atom stereocenters. The van der Waals surface area contributed by atoms with Gasteiger partial charge in [0.1, 0.15) is 40.9 Å². The average molecular weight is 1540 g/mol. The van der Waals surface area contributed by atoms with Gasteiger partial charge in [0.25, 0.3) is 0 Å². The van der Waals surface area contributed by atoms with Gasteiger partial charge in [-0.2, -0.15) is 0 Å². The molecule has 19 nitrogen and oxygen atoms in total. The number of likely N-dealkylation sites (tertiary alicyclic amines) is 3. The van der Waals surface area contributed by atoms with Gasteiger partial charge < -0.3 is 49.5 Å². The van der Waals surface area contributed by atoms with Crippen LogP contribution < -0.4 is 16.0 Å². The largest absolute Gasteiger partial charge is 0.480 e. The van der Waals surface area contributed by atoms with E-state index in [2.05, 4.69) is 62.1 Å². The number of carboxylic acids is 1. The zero-order valence-corrected chi connectivity index (χ0v) is 66.2. The quantitative estimate of drug-likeness (QED) is 0.0282. The lowest BCUT2D eigenvalue weighted by Gasteiger charge is -2.30. The fraction of sp³-hybridized carbons (Fsp3) is 0.600. The number of hydrogen-bond acceptors (Lipinski definition) is 18. The number of nitrogens with zero attached hydrogens (tertiary/aromatic N) is 6. The second-order valence-corrected chi connectivity index (χ2v) is 32.2. The summed E-state index contributed by atoms with van der Waals surface area (Å²) in [5.41, 5.74) is 12.2. The number of Topliss-reactive ketones (excluding diaryl/α,β-unsaturated/α-hetero) is 2. The second-order valence-electron chi connectivity index (χ2n) is 32.2. The van der Waals surface area contributed by atoms with Gasteiger partial charge in [0, 0.05) is 116 Å². The molecule has 6 fully saturated rings. The van der Waals surface area contributed by atoms with Gasteiger partial charge in [0.2, 0.25) is 0 Å². The summed E-state index contributed by atoms with van der Waals surface area (Å²) in [6, 6.07) is 25.4. The van der Waals surface area contributed by atoms with Gasteiger partial charge in [0.15, 0.2) is 11.6 Å². The Balaban J connectivity index is 0.000000147. The number of carboxylic acid groups (broad SMARTS) is 1. The predicted molar refractivity (Wildman–Crippen MR) is 428 cm³/mol. The first-order valence-electron chi connectivity index (χ1n) is 42.5. The van der Waals surface area contributed by atoms with Gasteiger partial charge in [-0.15, -0.1) is 0 Å². The van der Waals surface area contributed by atoms with E-state index in [1.165, 1.54) is 72.4 Å². The standard InChI is InChI=1S/C30H40FN3O4.2C30H40FN3O3/c31-22-11-13-25(27-9-3-5-18-38-27)26(19-22)28(30(35)36)34-16-14-24(20-34)37-17-4-1-2-8-23-12-10-21-7-6-15-32-29(21)33-23;2*1-21(35)29(27-19-23(31)11-13-26(27)28-9-6-18-37-28)34-16-14-25(20-34)36-17-4-2-3-8-24-12-10-22-7-5-15-32-30(22)33-24/h10-13,19,24,27-28H,1-9,14-18,20H2,(H,32,33)(H,35,36);2*10-13,19,25,28-29H,2-9,14-18,20H2,1H3,(H,32,33)/t24-,27?,28-;25-,28+,29+;25-,28+,29-/m111/s1. The Labute approximate surface area is 661 Å². The van der Waals surface area contributed by atoms with Crippen molar-refractivity contribution in [2.24, 2.45) is 0 Å². The minimum atomic E-state index is -0.959. The number of nitrogens with one attached hydrogen (secondary N) is 3. The number of pyridine rings is 3. The molecule has 606 valence electrons. The summed E-state index contributed by atoms with van der Waals surface area (Å²) < 4.78 is 79.1. The number of hydrogen-bond donors (Lipinski definition) is 4. The molecule has 0 amide bonds. The van der Waals surface area contributed by atoms with E-state index in [0.29, 0.717) is 58.2 Å². The summed E-state index contributed by atoms with van der Waals surface area (Å²) in [6.07, 6.45) is 28.5. The number of fused-ring (bicyclic) bond motifs is 3. The van der Waals surface area contributed by atoms with Crippen molar-refractivity contribution in [2.45, 2.75) is 248 Å². The summed E-state index contributed by atoms with van der Waals surface area (Å²) >= 11 is 0. The summed E-state index contributed by atoms with van der Waals surface area (Å²) in [5.74, 6) is 1.28. The lowest BCUT2D eigenvalue weighted by Crippen LogP contribution is -2.34. The van der Waals surface area contributed by atoms with E-state index < -0.39 is 29.9 Å². The normalized spacial score (nSPS) is 22.5. The van der Waals surface area contributed by atoms with Crippen molar-refractivity contribution < 1.29 is 61.1 Å². The van der Waals surface area contributed by atoms with Crippen LogP contribution >= 0.6 is 0 Å². The maximum Gasteiger partial charge on any atom is 0.325 e. The van der Waals surface area contributed by atoms with Crippen LogP contribution in [0.15, 0.2) is 91.0 Å². The van der Waals surface area contributed by atoms with Crippen molar-refractivity contribution in [1.82, 2.24) is 29.7 Å². The number of unbranched alkanes of at least 4 members (excludes halogenated alkanes) is 6. The minimum Gasteiger partial charge on any atom is -0.480 e. The molecule has 0 bridgehead atoms.